The average molecular weight is 448 g/mol. The summed E-state index contributed by atoms with van der Waals surface area (Å²) in [6.45, 7) is 0. The van der Waals surface area contributed by atoms with Gasteiger partial charge in [-0.05, 0) is 12.1 Å². The van der Waals surface area contributed by atoms with Crippen LogP contribution in [0.3, 0.4) is 0 Å². The molecule has 0 radical (unpaired) electrons. The molecule has 1 aromatic carbocycles. The second-order valence-corrected chi connectivity index (χ2v) is 7.58. The molecule has 0 saturated carbocycles. The Hall–Kier alpha value is -3.11. The summed E-state index contributed by atoms with van der Waals surface area (Å²) in [4.78, 5) is 42.1. The van der Waals surface area contributed by atoms with Gasteiger partial charge >= 0.3 is 5.97 Å². The summed E-state index contributed by atoms with van der Waals surface area (Å²) in [5.74, 6) is -0.279. The molecule has 1 amide bonds. The molecule has 0 unspecified atom stereocenters. The molecule has 0 spiro atoms. The number of anilines is 1. The van der Waals surface area contributed by atoms with E-state index >= 15 is 0 Å². The van der Waals surface area contributed by atoms with Gasteiger partial charge in [0, 0.05) is 29.8 Å². The Bertz CT molecular complexity index is 1130. The second kappa shape index (κ2) is 9.59. The summed E-state index contributed by atoms with van der Waals surface area (Å²) in [5.41, 5.74) is 1.42. The summed E-state index contributed by atoms with van der Waals surface area (Å²) >= 11 is 6.95. The summed E-state index contributed by atoms with van der Waals surface area (Å²) < 4.78 is 6.13. The van der Waals surface area contributed by atoms with Crippen molar-refractivity contribution in [3.63, 3.8) is 0 Å². The summed E-state index contributed by atoms with van der Waals surface area (Å²) in [5, 5.41) is 8.03. The van der Waals surface area contributed by atoms with E-state index in [4.69, 9.17) is 11.6 Å². The van der Waals surface area contributed by atoms with Gasteiger partial charge < -0.3 is 15.0 Å². The van der Waals surface area contributed by atoms with E-state index in [0.717, 1.165) is 17.3 Å². The van der Waals surface area contributed by atoms with E-state index in [1.165, 1.54) is 13.2 Å². The highest BCUT2D eigenvalue weighted by Gasteiger charge is 2.13. The number of halogens is 1. The van der Waals surface area contributed by atoms with Crippen LogP contribution in [-0.2, 0) is 27.8 Å². The van der Waals surface area contributed by atoms with Crippen molar-refractivity contribution >= 4 is 41.1 Å². The molecule has 0 aliphatic heterocycles. The normalized spacial score (nSPS) is 10.6. The molecule has 2 N–H and O–H groups in total. The van der Waals surface area contributed by atoms with Gasteiger partial charge in [-0.1, -0.05) is 35.5 Å². The van der Waals surface area contributed by atoms with Crippen LogP contribution in [0.5, 0.6) is 0 Å². The number of carbonyl (C=O) groups excluding carboxylic acids is 2. The third kappa shape index (κ3) is 5.71. The van der Waals surface area contributed by atoms with Crippen LogP contribution in [0.2, 0.25) is 5.02 Å². The van der Waals surface area contributed by atoms with Crippen molar-refractivity contribution in [2.24, 2.45) is 7.05 Å². The van der Waals surface area contributed by atoms with E-state index < -0.39 is 11.5 Å². The number of benzene rings is 1. The summed E-state index contributed by atoms with van der Waals surface area (Å²) in [7, 11) is 2.98. The Labute approximate surface area is 180 Å². The van der Waals surface area contributed by atoms with Gasteiger partial charge in [0.25, 0.3) is 5.56 Å². The molecule has 156 valence electrons. The Morgan fingerprint density at radius 3 is 2.70 bits per heavy atom. The number of hydrogen-bond donors (Lipinski definition) is 2. The van der Waals surface area contributed by atoms with Crippen molar-refractivity contribution in [1.29, 1.82) is 0 Å². The number of aromatic nitrogens is 4. The molecule has 3 rings (SSSR count). The molecule has 0 saturated heterocycles. The van der Waals surface area contributed by atoms with Gasteiger partial charge in [0.1, 0.15) is 5.82 Å². The molecule has 3 aromatic rings. The quantitative estimate of drug-likeness (QED) is 0.324. The third-order valence-electron chi connectivity index (χ3n) is 3.95. The monoisotopic (exact) mass is 447 g/mol. The maximum Gasteiger partial charge on any atom is 0.311 e. The Kier molecular flexibility index (Phi) is 6.91. The summed E-state index contributed by atoms with van der Waals surface area (Å²) in [6.07, 6.45) is -0.122. The van der Waals surface area contributed by atoms with E-state index in [9.17, 15) is 14.4 Å². The standard InChI is InChI=1S/C19H18ClN5O4S/c1-25-15(9-14(24-25)11-3-5-12(20)6-4-11)22-17(27)10-30-19-21-13(7-16(26)23-19)8-18(28)29-2/h3-7,9H,8,10H2,1-2H3,(H,22,27)(H,21,23,26). The van der Waals surface area contributed by atoms with Gasteiger partial charge in [0.05, 0.1) is 30.7 Å². The zero-order valence-electron chi connectivity index (χ0n) is 16.1. The molecule has 9 nitrogen and oxygen atoms in total. The molecular weight excluding hydrogens is 430 g/mol. The lowest BCUT2D eigenvalue weighted by Gasteiger charge is -2.05. The number of H-pyrrole nitrogens is 1. The van der Waals surface area contributed by atoms with Crippen LogP contribution in [0.1, 0.15) is 5.69 Å². The minimum absolute atomic E-state index is 0.00603. The number of rotatable bonds is 7. The minimum atomic E-state index is -0.505. The number of hydrogen-bond acceptors (Lipinski definition) is 7. The predicted molar refractivity (Wildman–Crippen MR) is 114 cm³/mol. The van der Waals surface area contributed by atoms with Crippen molar-refractivity contribution in [3.05, 3.63) is 57.5 Å². The van der Waals surface area contributed by atoms with Crippen LogP contribution < -0.4 is 10.9 Å². The molecule has 30 heavy (non-hydrogen) atoms. The number of amides is 1. The highest BCUT2D eigenvalue weighted by atomic mass is 35.5. The highest BCUT2D eigenvalue weighted by molar-refractivity contribution is 7.99. The Morgan fingerprint density at radius 1 is 1.27 bits per heavy atom. The van der Waals surface area contributed by atoms with Gasteiger partial charge in [-0.25, -0.2) is 4.98 Å². The topological polar surface area (TPSA) is 119 Å². The van der Waals surface area contributed by atoms with Crippen molar-refractivity contribution in [2.75, 3.05) is 18.2 Å². The lowest BCUT2D eigenvalue weighted by molar-refractivity contribution is -0.139. The smallest absolute Gasteiger partial charge is 0.311 e. The lowest BCUT2D eigenvalue weighted by Crippen LogP contribution is -2.18. The summed E-state index contributed by atoms with van der Waals surface area (Å²) in [6, 6.07) is 10.2. The first-order valence-electron chi connectivity index (χ1n) is 8.73. The van der Waals surface area contributed by atoms with E-state index in [0.29, 0.717) is 16.5 Å². The average Bonchev–Trinajstić information content (AvgIpc) is 3.06. The van der Waals surface area contributed by atoms with Gasteiger partial charge in [-0.3, -0.25) is 19.1 Å². The van der Waals surface area contributed by atoms with Crippen molar-refractivity contribution < 1.29 is 14.3 Å². The van der Waals surface area contributed by atoms with E-state index in [1.54, 1.807) is 29.9 Å². The Balaban J connectivity index is 1.63. The number of aryl methyl sites for hydroxylation is 1. The number of nitrogens with zero attached hydrogens (tertiary/aromatic N) is 3. The molecule has 0 atom stereocenters. The van der Waals surface area contributed by atoms with Crippen LogP contribution in [-0.4, -0.2) is 44.5 Å². The number of aromatic amines is 1. The lowest BCUT2D eigenvalue weighted by atomic mass is 10.1. The predicted octanol–water partition coefficient (Wildman–Crippen LogP) is 2.27. The first-order valence-corrected chi connectivity index (χ1v) is 10.1. The number of esters is 1. The molecule has 0 bridgehead atoms. The van der Waals surface area contributed by atoms with E-state index in [2.05, 4.69) is 25.1 Å². The first kappa shape index (κ1) is 21.6. The first-order chi connectivity index (χ1) is 14.3. The molecular formula is C19H18ClN5O4S. The van der Waals surface area contributed by atoms with Gasteiger partial charge in [0.15, 0.2) is 5.16 Å². The number of ether oxygens (including phenoxy) is 1. The molecule has 0 aliphatic carbocycles. The third-order valence-corrected chi connectivity index (χ3v) is 5.08. The van der Waals surface area contributed by atoms with Crippen LogP contribution in [0.15, 0.2) is 46.3 Å². The maximum absolute atomic E-state index is 12.3. The molecule has 0 fully saturated rings. The largest absolute Gasteiger partial charge is 0.469 e. The zero-order valence-corrected chi connectivity index (χ0v) is 17.7. The molecule has 11 heteroatoms. The zero-order chi connectivity index (χ0) is 21.7. The minimum Gasteiger partial charge on any atom is -0.469 e. The second-order valence-electron chi connectivity index (χ2n) is 6.18. The Morgan fingerprint density at radius 2 is 2.00 bits per heavy atom. The fourth-order valence-corrected chi connectivity index (χ4v) is 3.34. The van der Waals surface area contributed by atoms with E-state index in [-0.39, 0.29) is 28.9 Å². The number of methoxy groups -OCH3 is 1. The SMILES string of the molecule is COC(=O)Cc1cc(=O)[nH]c(SCC(=O)Nc2cc(-c3ccc(Cl)cc3)nn2C)n1. The van der Waals surface area contributed by atoms with Gasteiger partial charge in [-0.2, -0.15) is 5.10 Å². The molecule has 2 aromatic heterocycles. The van der Waals surface area contributed by atoms with Crippen molar-refractivity contribution in [2.45, 2.75) is 11.6 Å². The van der Waals surface area contributed by atoms with Crippen molar-refractivity contribution in [3.8, 4) is 11.3 Å². The number of carbonyl (C=O) groups is 2. The molecule has 2 heterocycles. The molecule has 0 aliphatic rings. The number of thioether (sulfide) groups is 1. The van der Waals surface area contributed by atoms with Crippen LogP contribution >= 0.6 is 23.4 Å². The van der Waals surface area contributed by atoms with E-state index in [1.807, 2.05) is 12.1 Å². The fraction of sp³-hybridized carbons (Fsp3) is 0.211. The van der Waals surface area contributed by atoms with Crippen LogP contribution in [0.4, 0.5) is 5.82 Å². The van der Waals surface area contributed by atoms with Crippen LogP contribution in [0.25, 0.3) is 11.3 Å². The van der Waals surface area contributed by atoms with Gasteiger partial charge in [-0.15, -0.1) is 0 Å². The van der Waals surface area contributed by atoms with Crippen molar-refractivity contribution in [1.82, 2.24) is 19.7 Å². The van der Waals surface area contributed by atoms with Gasteiger partial charge in [0.2, 0.25) is 5.91 Å². The maximum atomic E-state index is 12.3. The van der Waals surface area contributed by atoms with Crippen LogP contribution in [0, 0.1) is 0 Å². The highest BCUT2D eigenvalue weighted by Crippen LogP contribution is 2.23. The number of nitrogens with one attached hydrogen (secondary N) is 2. The fourth-order valence-electron chi connectivity index (χ4n) is 2.52.